The number of pyridine rings is 1. The third kappa shape index (κ3) is 3.69. The van der Waals surface area contributed by atoms with Crippen molar-refractivity contribution in [2.45, 2.75) is 19.4 Å². The normalized spacial score (nSPS) is 12.4. The summed E-state index contributed by atoms with van der Waals surface area (Å²) in [6.45, 7) is 1.98. The number of aromatic nitrogens is 1. The van der Waals surface area contributed by atoms with Crippen molar-refractivity contribution in [2.24, 2.45) is 0 Å². The second-order valence-corrected chi connectivity index (χ2v) is 5.34. The molecule has 0 aliphatic heterocycles. The zero-order valence-corrected chi connectivity index (χ0v) is 12.5. The van der Waals surface area contributed by atoms with E-state index in [2.05, 4.69) is 16.4 Å². The van der Waals surface area contributed by atoms with Gasteiger partial charge in [0.05, 0.1) is 10.0 Å². The molecule has 4 heteroatoms. The van der Waals surface area contributed by atoms with E-state index in [0.717, 1.165) is 17.7 Å². The summed E-state index contributed by atoms with van der Waals surface area (Å²) >= 11 is 12.0. The van der Waals surface area contributed by atoms with Crippen molar-refractivity contribution < 1.29 is 0 Å². The summed E-state index contributed by atoms with van der Waals surface area (Å²) in [5.74, 6) is 0. The molecule has 2 nitrogen and oxygen atoms in total. The Bertz CT molecular complexity index is 553. The van der Waals surface area contributed by atoms with E-state index in [1.807, 2.05) is 44.4 Å². The Labute approximate surface area is 123 Å². The number of halogens is 2. The highest BCUT2D eigenvalue weighted by Crippen LogP contribution is 2.25. The highest BCUT2D eigenvalue weighted by Gasteiger charge is 2.11. The van der Waals surface area contributed by atoms with Crippen LogP contribution in [0.2, 0.25) is 10.0 Å². The largest absolute Gasteiger partial charge is 0.313 e. The van der Waals surface area contributed by atoms with Crippen LogP contribution in [0.15, 0.2) is 36.5 Å². The summed E-state index contributed by atoms with van der Waals surface area (Å²) in [6.07, 6.45) is 2.76. The van der Waals surface area contributed by atoms with Crippen molar-refractivity contribution in [1.29, 1.82) is 0 Å². The van der Waals surface area contributed by atoms with Crippen LogP contribution in [0, 0.1) is 6.92 Å². The fourth-order valence-corrected chi connectivity index (χ4v) is 2.29. The van der Waals surface area contributed by atoms with Gasteiger partial charge in [0.15, 0.2) is 0 Å². The van der Waals surface area contributed by atoms with Crippen molar-refractivity contribution in [2.75, 3.05) is 7.05 Å². The Hall–Kier alpha value is -1.09. The van der Waals surface area contributed by atoms with Crippen molar-refractivity contribution in [3.63, 3.8) is 0 Å². The number of benzene rings is 1. The molecule has 2 rings (SSSR count). The fraction of sp³-hybridized carbons (Fsp3) is 0.267. The maximum absolute atomic E-state index is 6.04. The SMILES string of the molecule is CNC(Cc1ccc(Cl)c(Cl)c1)c1ccc(C)nc1. The van der Waals surface area contributed by atoms with Gasteiger partial charge in [-0.05, 0) is 49.7 Å². The third-order valence-corrected chi connectivity index (χ3v) is 3.85. The Kier molecular flexibility index (Phi) is 4.81. The van der Waals surface area contributed by atoms with Crippen LogP contribution >= 0.6 is 23.2 Å². The molecule has 1 atom stereocenters. The van der Waals surface area contributed by atoms with E-state index in [1.165, 1.54) is 5.56 Å². The number of aryl methyl sites for hydroxylation is 1. The molecule has 0 saturated carbocycles. The Morgan fingerprint density at radius 1 is 1.16 bits per heavy atom. The van der Waals surface area contributed by atoms with E-state index in [1.54, 1.807) is 0 Å². The van der Waals surface area contributed by atoms with Gasteiger partial charge in [-0.15, -0.1) is 0 Å². The number of rotatable bonds is 4. The second kappa shape index (κ2) is 6.38. The highest BCUT2D eigenvalue weighted by molar-refractivity contribution is 6.42. The molecule has 1 aromatic carbocycles. The first-order valence-electron chi connectivity index (χ1n) is 6.14. The Balaban J connectivity index is 2.18. The number of likely N-dealkylation sites (N-methyl/N-ethyl adjacent to an activating group) is 1. The molecular formula is C15H16Cl2N2. The maximum atomic E-state index is 6.04. The van der Waals surface area contributed by atoms with Crippen molar-refractivity contribution >= 4 is 23.2 Å². The van der Waals surface area contributed by atoms with Gasteiger partial charge in [0.25, 0.3) is 0 Å². The van der Waals surface area contributed by atoms with E-state index >= 15 is 0 Å². The Morgan fingerprint density at radius 3 is 2.53 bits per heavy atom. The topological polar surface area (TPSA) is 24.9 Å². The minimum atomic E-state index is 0.213. The van der Waals surface area contributed by atoms with Crippen molar-refractivity contribution in [3.05, 3.63) is 63.4 Å². The van der Waals surface area contributed by atoms with Gasteiger partial charge in [0, 0.05) is 17.9 Å². The number of nitrogens with one attached hydrogen (secondary N) is 1. The first-order valence-corrected chi connectivity index (χ1v) is 6.89. The number of hydrogen-bond donors (Lipinski definition) is 1. The van der Waals surface area contributed by atoms with Crippen LogP contribution in [0.25, 0.3) is 0 Å². The zero-order chi connectivity index (χ0) is 13.8. The predicted octanol–water partition coefficient (Wildman–Crippen LogP) is 4.20. The van der Waals surface area contributed by atoms with Gasteiger partial charge < -0.3 is 5.32 Å². The van der Waals surface area contributed by atoms with Crippen LogP contribution in [0.1, 0.15) is 22.9 Å². The first-order chi connectivity index (χ1) is 9.10. The molecule has 0 amide bonds. The standard InChI is InChI=1S/C15H16Cl2N2/c1-10-3-5-12(9-19-10)15(18-2)8-11-4-6-13(16)14(17)7-11/h3-7,9,15,18H,8H2,1-2H3. The van der Waals surface area contributed by atoms with E-state index < -0.39 is 0 Å². The molecule has 2 aromatic rings. The van der Waals surface area contributed by atoms with Gasteiger partial charge >= 0.3 is 0 Å². The van der Waals surface area contributed by atoms with Crippen molar-refractivity contribution in [3.8, 4) is 0 Å². The first kappa shape index (κ1) is 14.3. The molecule has 1 aromatic heterocycles. The molecule has 1 N–H and O–H groups in total. The van der Waals surface area contributed by atoms with E-state index in [4.69, 9.17) is 23.2 Å². The minimum Gasteiger partial charge on any atom is -0.313 e. The van der Waals surface area contributed by atoms with Crippen LogP contribution in [0.4, 0.5) is 0 Å². The number of hydrogen-bond acceptors (Lipinski definition) is 2. The summed E-state index contributed by atoms with van der Waals surface area (Å²) in [5.41, 5.74) is 3.33. The molecule has 100 valence electrons. The van der Waals surface area contributed by atoms with Gasteiger partial charge in [0.2, 0.25) is 0 Å². The van der Waals surface area contributed by atoms with E-state index in [0.29, 0.717) is 10.0 Å². The molecule has 1 unspecified atom stereocenters. The monoisotopic (exact) mass is 294 g/mol. The molecule has 0 aliphatic rings. The zero-order valence-electron chi connectivity index (χ0n) is 11.0. The summed E-state index contributed by atoms with van der Waals surface area (Å²) < 4.78 is 0. The average molecular weight is 295 g/mol. The maximum Gasteiger partial charge on any atom is 0.0595 e. The van der Waals surface area contributed by atoms with E-state index in [-0.39, 0.29) is 6.04 Å². The fourth-order valence-electron chi connectivity index (χ4n) is 1.97. The molecule has 0 radical (unpaired) electrons. The van der Waals surface area contributed by atoms with Crippen LogP contribution in [-0.2, 0) is 6.42 Å². The van der Waals surface area contributed by atoms with Crippen LogP contribution in [-0.4, -0.2) is 12.0 Å². The van der Waals surface area contributed by atoms with Gasteiger partial charge in [-0.25, -0.2) is 0 Å². The van der Waals surface area contributed by atoms with Gasteiger partial charge in [0.1, 0.15) is 0 Å². The smallest absolute Gasteiger partial charge is 0.0595 e. The lowest BCUT2D eigenvalue weighted by Crippen LogP contribution is -2.19. The van der Waals surface area contributed by atoms with Crippen LogP contribution in [0.5, 0.6) is 0 Å². The molecule has 1 heterocycles. The Morgan fingerprint density at radius 2 is 1.95 bits per heavy atom. The van der Waals surface area contributed by atoms with Crippen LogP contribution < -0.4 is 5.32 Å². The van der Waals surface area contributed by atoms with Gasteiger partial charge in [-0.2, -0.15) is 0 Å². The molecule has 0 spiro atoms. The molecule has 0 fully saturated rings. The lowest BCUT2D eigenvalue weighted by atomic mass is 10.0. The highest BCUT2D eigenvalue weighted by atomic mass is 35.5. The lowest BCUT2D eigenvalue weighted by molar-refractivity contribution is 0.589. The van der Waals surface area contributed by atoms with E-state index in [9.17, 15) is 0 Å². The second-order valence-electron chi connectivity index (χ2n) is 4.53. The summed E-state index contributed by atoms with van der Waals surface area (Å²) in [4.78, 5) is 4.33. The summed E-state index contributed by atoms with van der Waals surface area (Å²) in [5, 5.41) is 4.48. The third-order valence-electron chi connectivity index (χ3n) is 3.11. The lowest BCUT2D eigenvalue weighted by Gasteiger charge is -2.17. The molecular weight excluding hydrogens is 279 g/mol. The number of nitrogens with zero attached hydrogens (tertiary/aromatic N) is 1. The van der Waals surface area contributed by atoms with Crippen molar-refractivity contribution in [1.82, 2.24) is 10.3 Å². The van der Waals surface area contributed by atoms with Crippen LogP contribution in [0.3, 0.4) is 0 Å². The summed E-state index contributed by atoms with van der Waals surface area (Å²) in [6, 6.07) is 10.1. The molecule has 19 heavy (non-hydrogen) atoms. The van der Waals surface area contributed by atoms with Gasteiger partial charge in [-0.3, -0.25) is 4.98 Å². The molecule has 0 saturated heterocycles. The molecule has 0 aliphatic carbocycles. The minimum absolute atomic E-state index is 0.213. The summed E-state index contributed by atoms with van der Waals surface area (Å²) in [7, 11) is 1.95. The molecule has 0 bridgehead atoms. The van der Waals surface area contributed by atoms with Gasteiger partial charge in [-0.1, -0.05) is 35.3 Å². The average Bonchev–Trinajstić information content (AvgIpc) is 2.41. The predicted molar refractivity (Wildman–Crippen MR) is 80.9 cm³/mol. The quantitative estimate of drug-likeness (QED) is 0.914.